The molecule has 0 saturated carbocycles. The highest BCUT2D eigenvalue weighted by Crippen LogP contribution is 2.26. The molecule has 0 aliphatic carbocycles. The van der Waals surface area contributed by atoms with E-state index in [1.165, 1.54) is 22.0 Å². The molecule has 0 fully saturated rings. The predicted octanol–water partition coefficient (Wildman–Crippen LogP) is 4.53. The molecule has 2 rings (SSSR count). The van der Waals surface area contributed by atoms with E-state index < -0.39 is 0 Å². The Labute approximate surface area is 145 Å². The highest BCUT2D eigenvalue weighted by atomic mass is 32.1. The molecule has 1 heterocycles. The van der Waals surface area contributed by atoms with Gasteiger partial charge in [0.25, 0.3) is 0 Å². The largest absolute Gasteiger partial charge is 0.378 e. The Hall–Kier alpha value is -1.39. The predicted molar refractivity (Wildman–Crippen MR) is 101 cm³/mol. The number of hydrogen-bond donors (Lipinski definition) is 0. The molecule has 0 saturated heterocycles. The van der Waals surface area contributed by atoms with E-state index in [1.807, 2.05) is 0 Å². The summed E-state index contributed by atoms with van der Waals surface area (Å²) in [5.41, 5.74) is 3.92. The minimum atomic E-state index is 0.141. The van der Waals surface area contributed by atoms with Crippen molar-refractivity contribution in [3.05, 3.63) is 45.9 Å². The lowest BCUT2D eigenvalue weighted by Crippen LogP contribution is -2.22. The minimum Gasteiger partial charge on any atom is -0.378 e. The number of anilines is 1. The fourth-order valence-electron chi connectivity index (χ4n) is 2.39. The number of thiazole rings is 1. The van der Waals surface area contributed by atoms with Gasteiger partial charge in [-0.3, -0.25) is 4.90 Å². The Bertz CT molecular complexity index is 608. The van der Waals surface area contributed by atoms with Crippen molar-refractivity contribution < 1.29 is 0 Å². The van der Waals surface area contributed by atoms with Gasteiger partial charge in [-0.15, -0.1) is 11.3 Å². The monoisotopic (exact) mass is 331 g/mol. The Morgan fingerprint density at radius 1 is 1.04 bits per heavy atom. The zero-order chi connectivity index (χ0) is 17.0. The zero-order valence-electron chi connectivity index (χ0n) is 15.3. The van der Waals surface area contributed by atoms with Crippen molar-refractivity contribution in [3.8, 4) is 0 Å². The van der Waals surface area contributed by atoms with Crippen LogP contribution in [0, 0.1) is 0 Å². The summed E-state index contributed by atoms with van der Waals surface area (Å²) in [6, 6.07) is 8.81. The van der Waals surface area contributed by atoms with E-state index in [1.54, 1.807) is 11.3 Å². The van der Waals surface area contributed by atoms with Crippen LogP contribution in [0.5, 0.6) is 0 Å². The number of nitrogens with zero attached hydrogens (tertiary/aromatic N) is 3. The molecule has 0 amide bonds. The van der Waals surface area contributed by atoms with Gasteiger partial charge in [-0.2, -0.15) is 0 Å². The fourth-order valence-corrected chi connectivity index (χ4v) is 3.29. The van der Waals surface area contributed by atoms with E-state index in [0.717, 1.165) is 19.6 Å². The van der Waals surface area contributed by atoms with Gasteiger partial charge in [0, 0.05) is 43.7 Å². The lowest BCUT2D eigenvalue weighted by molar-refractivity contribution is 0.268. The molecule has 126 valence electrons. The molecule has 0 N–H and O–H groups in total. The highest BCUT2D eigenvalue weighted by molar-refractivity contribution is 7.09. The molecule has 2 aromatic rings. The third kappa shape index (κ3) is 5.05. The van der Waals surface area contributed by atoms with E-state index in [9.17, 15) is 0 Å². The van der Waals surface area contributed by atoms with Crippen molar-refractivity contribution in [1.29, 1.82) is 0 Å². The number of benzene rings is 1. The lowest BCUT2D eigenvalue weighted by Gasteiger charge is -2.20. The van der Waals surface area contributed by atoms with Crippen LogP contribution in [0.15, 0.2) is 29.6 Å². The van der Waals surface area contributed by atoms with Gasteiger partial charge < -0.3 is 4.90 Å². The number of aromatic nitrogens is 1. The van der Waals surface area contributed by atoms with Crippen molar-refractivity contribution in [2.24, 2.45) is 0 Å². The maximum Gasteiger partial charge on any atom is 0.0982 e. The summed E-state index contributed by atoms with van der Waals surface area (Å²) >= 11 is 1.78. The third-order valence-corrected chi connectivity index (χ3v) is 5.20. The molecule has 0 bridgehead atoms. The van der Waals surface area contributed by atoms with E-state index in [0.29, 0.717) is 0 Å². The average molecular weight is 332 g/mol. The number of hydrogen-bond acceptors (Lipinski definition) is 4. The molecule has 0 atom stereocenters. The van der Waals surface area contributed by atoms with E-state index >= 15 is 0 Å². The van der Waals surface area contributed by atoms with Crippen LogP contribution in [0.4, 0.5) is 5.69 Å². The first-order chi connectivity index (χ1) is 10.8. The molecule has 0 spiro atoms. The highest BCUT2D eigenvalue weighted by Gasteiger charge is 2.18. The summed E-state index contributed by atoms with van der Waals surface area (Å²) in [7, 11) is 4.14. The van der Waals surface area contributed by atoms with Gasteiger partial charge in [0.05, 0.1) is 10.7 Å². The number of rotatable bonds is 6. The second-order valence-electron chi connectivity index (χ2n) is 7.26. The second-order valence-corrected chi connectivity index (χ2v) is 8.12. The van der Waals surface area contributed by atoms with Crippen LogP contribution >= 0.6 is 11.3 Å². The van der Waals surface area contributed by atoms with Gasteiger partial charge in [-0.05, 0) is 24.2 Å². The molecule has 1 aromatic carbocycles. The van der Waals surface area contributed by atoms with Gasteiger partial charge in [0.2, 0.25) is 0 Å². The SMILES string of the molecule is CCN(Cc1ccc(N(C)C)cc1)Cc1csc(C(C)(C)C)n1. The average Bonchev–Trinajstić information content (AvgIpc) is 2.95. The van der Waals surface area contributed by atoms with Crippen LogP contribution in [0.2, 0.25) is 0 Å². The lowest BCUT2D eigenvalue weighted by atomic mass is 9.98. The molecule has 23 heavy (non-hydrogen) atoms. The van der Waals surface area contributed by atoms with Crippen LogP contribution in [-0.2, 0) is 18.5 Å². The minimum absolute atomic E-state index is 0.141. The smallest absolute Gasteiger partial charge is 0.0982 e. The van der Waals surface area contributed by atoms with Crippen molar-refractivity contribution in [2.45, 2.75) is 46.2 Å². The Kier molecular flexibility index (Phi) is 5.82. The molecule has 0 radical (unpaired) electrons. The topological polar surface area (TPSA) is 19.4 Å². The van der Waals surface area contributed by atoms with Gasteiger partial charge in [-0.25, -0.2) is 4.98 Å². The summed E-state index contributed by atoms with van der Waals surface area (Å²) in [5.74, 6) is 0. The third-order valence-electron chi connectivity index (χ3n) is 3.89. The van der Waals surface area contributed by atoms with Gasteiger partial charge in [0.15, 0.2) is 0 Å². The quantitative estimate of drug-likeness (QED) is 0.775. The van der Waals surface area contributed by atoms with Crippen LogP contribution in [-0.4, -0.2) is 30.5 Å². The Morgan fingerprint density at radius 2 is 1.70 bits per heavy atom. The molecule has 3 nitrogen and oxygen atoms in total. The van der Waals surface area contributed by atoms with E-state index in [4.69, 9.17) is 4.98 Å². The van der Waals surface area contributed by atoms with Crippen LogP contribution < -0.4 is 4.90 Å². The van der Waals surface area contributed by atoms with Crippen LogP contribution in [0.3, 0.4) is 0 Å². The van der Waals surface area contributed by atoms with Gasteiger partial charge in [0.1, 0.15) is 0 Å². The maximum absolute atomic E-state index is 4.82. The van der Waals surface area contributed by atoms with E-state index in [2.05, 4.69) is 81.2 Å². The summed E-state index contributed by atoms with van der Waals surface area (Å²) in [4.78, 5) is 9.38. The fraction of sp³-hybridized carbons (Fsp3) is 0.526. The van der Waals surface area contributed by atoms with Gasteiger partial charge in [-0.1, -0.05) is 39.8 Å². The zero-order valence-corrected chi connectivity index (χ0v) is 16.1. The summed E-state index contributed by atoms with van der Waals surface area (Å²) in [5, 5.41) is 3.43. The van der Waals surface area contributed by atoms with Gasteiger partial charge >= 0.3 is 0 Å². The molecule has 4 heteroatoms. The Morgan fingerprint density at radius 3 is 2.17 bits per heavy atom. The molecular weight excluding hydrogens is 302 g/mol. The molecular formula is C19H29N3S. The first-order valence-corrected chi connectivity index (χ1v) is 9.11. The standard InChI is InChI=1S/C19H29N3S/c1-7-22(12-15-8-10-17(11-9-15)21(5)6)13-16-14-23-18(20-16)19(2,3)4/h8-11,14H,7,12-13H2,1-6H3. The summed E-state index contributed by atoms with van der Waals surface area (Å²) in [6.45, 7) is 11.8. The molecule has 1 aromatic heterocycles. The van der Waals surface area contributed by atoms with Crippen LogP contribution in [0.25, 0.3) is 0 Å². The normalized spacial score (nSPS) is 12.0. The first kappa shape index (κ1) is 18.0. The van der Waals surface area contributed by atoms with Crippen molar-refractivity contribution in [3.63, 3.8) is 0 Å². The molecule has 0 aliphatic heterocycles. The van der Waals surface area contributed by atoms with E-state index in [-0.39, 0.29) is 5.41 Å². The summed E-state index contributed by atoms with van der Waals surface area (Å²) in [6.07, 6.45) is 0. The maximum atomic E-state index is 4.82. The van der Waals surface area contributed by atoms with Crippen molar-refractivity contribution >= 4 is 17.0 Å². The first-order valence-electron chi connectivity index (χ1n) is 8.23. The Balaban J connectivity index is 2.01. The summed E-state index contributed by atoms with van der Waals surface area (Å²) < 4.78 is 0. The molecule has 0 aliphatic rings. The molecule has 0 unspecified atom stereocenters. The van der Waals surface area contributed by atoms with Crippen LogP contribution in [0.1, 0.15) is 44.0 Å². The van der Waals surface area contributed by atoms with Crippen molar-refractivity contribution in [1.82, 2.24) is 9.88 Å². The van der Waals surface area contributed by atoms with Crippen molar-refractivity contribution in [2.75, 3.05) is 25.5 Å². The second kappa shape index (κ2) is 7.45.